The van der Waals surface area contributed by atoms with E-state index in [-0.39, 0.29) is 0 Å². The summed E-state index contributed by atoms with van der Waals surface area (Å²) in [5.41, 5.74) is 0. The predicted molar refractivity (Wildman–Crippen MR) is 42.6 cm³/mol. The number of rotatable bonds is 1. The third-order valence-electron chi connectivity index (χ3n) is 1.15. The zero-order chi connectivity index (χ0) is 7.00. The number of aliphatic hydroxyl groups is 1. The Balaban J connectivity index is 4.02. The highest BCUT2D eigenvalue weighted by molar-refractivity contribution is 9.10. The number of hydrogen-bond donors (Lipinski definition) is 1. The summed E-state index contributed by atoms with van der Waals surface area (Å²) in [6.45, 7) is 9.73. The van der Waals surface area contributed by atoms with Crippen LogP contribution in [0.3, 0.4) is 0 Å². The zero-order valence-corrected chi connectivity index (χ0v) is 8.12. The highest BCUT2D eigenvalue weighted by atomic mass is 79.9. The van der Waals surface area contributed by atoms with E-state index in [1.54, 1.807) is 0 Å². The van der Waals surface area contributed by atoms with E-state index in [1.165, 1.54) is 0 Å². The summed E-state index contributed by atoms with van der Waals surface area (Å²) in [5.74, 6) is 0. The third-order valence-corrected chi connectivity index (χ3v) is 7.02. The summed E-state index contributed by atoms with van der Waals surface area (Å²) >= 11 is 3.11. The van der Waals surface area contributed by atoms with Crippen molar-refractivity contribution >= 4 is 24.0 Å². The summed E-state index contributed by atoms with van der Waals surface area (Å²) in [5, 5.41) is 9.22. The summed E-state index contributed by atoms with van der Waals surface area (Å²) < 4.78 is -0.861. The van der Waals surface area contributed by atoms with Gasteiger partial charge >= 0.3 is 0 Å². The Morgan fingerprint density at radius 1 is 1.50 bits per heavy atom. The smallest absolute Gasteiger partial charge is 0.107 e. The standard InChI is InChI=1S/C5H12BrOSi/c1-5(6,7)8(2,3)4/h7H,1H2,2-4H3. The first kappa shape index (κ1) is 8.66. The summed E-state index contributed by atoms with van der Waals surface area (Å²) in [4.78, 5) is 0. The molecule has 8 heavy (non-hydrogen) atoms. The van der Waals surface area contributed by atoms with E-state index in [2.05, 4.69) is 42.5 Å². The Bertz CT molecular complexity index is 67.4. The van der Waals surface area contributed by atoms with Gasteiger partial charge in [-0.2, -0.15) is 0 Å². The van der Waals surface area contributed by atoms with Gasteiger partial charge in [0.15, 0.2) is 0 Å². The predicted octanol–water partition coefficient (Wildman–Crippen LogP) is 1.78. The van der Waals surface area contributed by atoms with Crippen LogP contribution in [-0.2, 0) is 0 Å². The zero-order valence-electron chi connectivity index (χ0n) is 5.53. The van der Waals surface area contributed by atoms with Gasteiger partial charge in [0.05, 0.1) is 8.07 Å². The second-order valence-electron chi connectivity index (χ2n) is 3.01. The van der Waals surface area contributed by atoms with Gasteiger partial charge in [-0.1, -0.05) is 35.6 Å². The third kappa shape index (κ3) is 2.28. The molecule has 1 unspecified atom stereocenters. The molecule has 0 bridgehead atoms. The minimum Gasteiger partial charge on any atom is -0.382 e. The van der Waals surface area contributed by atoms with E-state index in [4.69, 9.17) is 0 Å². The number of halogens is 1. The van der Waals surface area contributed by atoms with E-state index in [1.807, 2.05) is 0 Å². The van der Waals surface area contributed by atoms with Crippen LogP contribution < -0.4 is 0 Å². The molecule has 0 amide bonds. The molecule has 0 spiro atoms. The Labute approximate surface area is 60.2 Å². The minimum atomic E-state index is -1.50. The highest BCUT2D eigenvalue weighted by Gasteiger charge is 2.34. The largest absolute Gasteiger partial charge is 0.382 e. The van der Waals surface area contributed by atoms with Gasteiger partial charge in [-0.05, 0) is 6.92 Å². The molecule has 1 radical (unpaired) electrons. The monoisotopic (exact) mass is 195 g/mol. The minimum absolute atomic E-state index is 0.861. The van der Waals surface area contributed by atoms with E-state index in [0.29, 0.717) is 0 Å². The highest BCUT2D eigenvalue weighted by Crippen LogP contribution is 2.25. The van der Waals surface area contributed by atoms with Crippen molar-refractivity contribution in [1.29, 1.82) is 0 Å². The maximum Gasteiger partial charge on any atom is 0.107 e. The summed E-state index contributed by atoms with van der Waals surface area (Å²) in [6.07, 6.45) is 0. The molecule has 0 heterocycles. The molecule has 1 atom stereocenters. The molecule has 49 valence electrons. The Morgan fingerprint density at radius 3 is 1.62 bits per heavy atom. The van der Waals surface area contributed by atoms with Crippen LogP contribution in [0.15, 0.2) is 0 Å². The van der Waals surface area contributed by atoms with Gasteiger partial charge in [0.25, 0.3) is 0 Å². The van der Waals surface area contributed by atoms with Gasteiger partial charge in [-0.3, -0.25) is 0 Å². The topological polar surface area (TPSA) is 20.2 Å². The molecule has 0 aromatic carbocycles. The van der Waals surface area contributed by atoms with Crippen LogP contribution in [0.2, 0.25) is 19.6 Å². The van der Waals surface area contributed by atoms with Crippen LogP contribution in [0.1, 0.15) is 0 Å². The van der Waals surface area contributed by atoms with Crippen molar-refractivity contribution in [2.45, 2.75) is 23.8 Å². The van der Waals surface area contributed by atoms with Crippen molar-refractivity contribution in [1.82, 2.24) is 0 Å². The van der Waals surface area contributed by atoms with Gasteiger partial charge in [-0.15, -0.1) is 0 Å². The molecule has 0 aromatic heterocycles. The van der Waals surface area contributed by atoms with Crippen LogP contribution >= 0.6 is 15.9 Å². The molecular formula is C5H12BrOSi. The van der Waals surface area contributed by atoms with E-state index in [9.17, 15) is 5.11 Å². The van der Waals surface area contributed by atoms with Crippen molar-refractivity contribution in [2.24, 2.45) is 0 Å². The molecule has 0 fully saturated rings. The lowest BCUT2D eigenvalue weighted by molar-refractivity contribution is 0.263. The Kier molecular flexibility index (Phi) is 2.29. The lowest BCUT2D eigenvalue weighted by atomic mass is 10.9. The van der Waals surface area contributed by atoms with Crippen LogP contribution in [0.4, 0.5) is 0 Å². The lowest BCUT2D eigenvalue weighted by Crippen LogP contribution is -2.44. The average Bonchev–Trinajstić information content (AvgIpc) is 1.25. The maximum absolute atomic E-state index is 9.22. The molecule has 0 aliphatic rings. The van der Waals surface area contributed by atoms with Crippen LogP contribution in [0, 0.1) is 6.92 Å². The summed E-state index contributed by atoms with van der Waals surface area (Å²) in [7, 11) is -1.50. The number of alkyl halides is 1. The van der Waals surface area contributed by atoms with Crippen molar-refractivity contribution < 1.29 is 5.11 Å². The molecule has 3 heteroatoms. The van der Waals surface area contributed by atoms with Crippen molar-refractivity contribution in [3.8, 4) is 0 Å². The van der Waals surface area contributed by atoms with Crippen LogP contribution in [0.5, 0.6) is 0 Å². The van der Waals surface area contributed by atoms with Gasteiger partial charge < -0.3 is 5.11 Å². The molecular weight excluding hydrogens is 184 g/mol. The molecule has 0 aliphatic heterocycles. The van der Waals surface area contributed by atoms with Crippen LogP contribution in [0.25, 0.3) is 0 Å². The fourth-order valence-corrected chi connectivity index (χ4v) is 0. The molecule has 0 saturated heterocycles. The molecule has 0 rings (SSSR count). The quantitative estimate of drug-likeness (QED) is 0.500. The van der Waals surface area contributed by atoms with Crippen molar-refractivity contribution in [2.75, 3.05) is 0 Å². The lowest BCUT2D eigenvalue weighted by Gasteiger charge is -2.28. The Hall–Kier alpha value is 0.657. The first-order valence-corrected chi connectivity index (χ1v) is 6.81. The molecule has 0 aliphatic carbocycles. The van der Waals surface area contributed by atoms with Crippen LogP contribution in [-0.4, -0.2) is 17.3 Å². The maximum atomic E-state index is 9.22. The molecule has 0 saturated carbocycles. The second-order valence-corrected chi connectivity index (χ2v) is 10.4. The van der Waals surface area contributed by atoms with Gasteiger partial charge in [0.2, 0.25) is 0 Å². The average molecular weight is 196 g/mol. The van der Waals surface area contributed by atoms with Crippen molar-refractivity contribution in [3.05, 3.63) is 6.92 Å². The van der Waals surface area contributed by atoms with Crippen molar-refractivity contribution in [3.63, 3.8) is 0 Å². The first-order valence-electron chi connectivity index (χ1n) is 2.52. The van der Waals surface area contributed by atoms with E-state index < -0.39 is 12.2 Å². The molecule has 1 nitrogen and oxygen atoms in total. The second kappa shape index (κ2) is 2.12. The molecule has 0 aromatic rings. The Morgan fingerprint density at radius 2 is 1.62 bits per heavy atom. The number of hydrogen-bond acceptors (Lipinski definition) is 1. The van der Waals surface area contributed by atoms with E-state index in [0.717, 1.165) is 0 Å². The van der Waals surface area contributed by atoms with Gasteiger partial charge in [-0.25, -0.2) is 0 Å². The van der Waals surface area contributed by atoms with E-state index >= 15 is 0 Å². The first-order chi connectivity index (χ1) is 3.25. The fraction of sp³-hybridized carbons (Fsp3) is 0.800. The fourth-order valence-electron chi connectivity index (χ4n) is 0. The SMILES string of the molecule is [CH2]C(O)(Br)[Si](C)(C)C. The van der Waals surface area contributed by atoms with Gasteiger partial charge in [0, 0.05) is 0 Å². The normalized spacial score (nSPS) is 20.2. The van der Waals surface area contributed by atoms with Gasteiger partial charge in [0.1, 0.15) is 4.13 Å². The molecule has 1 N–H and O–H groups in total. The summed E-state index contributed by atoms with van der Waals surface area (Å²) in [6, 6.07) is 0.